The Balaban J connectivity index is 2.13. The van der Waals surface area contributed by atoms with Gasteiger partial charge in [0.15, 0.2) is 17.3 Å². The van der Waals surface area contributed by atoms with Gasteiger partial charge in [-0.15, -0.1) is 0 Å². The lowest BCUT2D eigenvalue weighted by atomic mass is 10.3. The molecule has 4 N–H and O–H groups in total. The molecular formula is C11H18N6S. The Labute approximate surface area is 110 Å². The molecule has 0 aromatic carbocycles. The Morgan fingerprint density at radius 3 is 3.11 bits per heavy atom. The van der Waals surface area contributed by atoms with Gasteiger partial charge >= 0.3 is 0 Å². The van der Waals surface area contributed by atoms with E-state index < -0.39 is 0 Å². The molecule has 0 spiro atoms. The van der Waals surface area contributed by atoms with Crippen LogP contribution < -0.4 is 16.6 Å². The quantitative estimate of drug-likeness (QED) is 0.544. The molecule has 0 saturated carbocycles. The molecule has 0 saturated heterocycles. The van der Waals surface area contributed by atoms with Gasteiger partial charge in [0.25, 0.3) is 0 Å². The zero-order valence-corrected chi connectivity index (χ0v) is 11.4. The number of fused-ring (bicyclic) bond motifs is 1. The van der Waals surface area contributed by atoms with Crippen molar-refractivity contribution in [3.05, 3.63) is 18.6 Å². The van der Waals surface area contributed by atoms with Crippen molar-refractivity contribution in [3.8, 4) is 0 Å². The van der Waals surface area contributed by atoms with Crippen LogP contribution in [-0.2, 0) is 0 Å². The molecular weight excluding hydrogens is 248 g/mol. The van der Waals surface area contributed by atoms with E-state index in [2.05, 4.69) is 33.9 Å². The summed E-state index contributed by atoms with van der Waals surface area (Å²) >= 11 is 1.86. The second-order valence-corrected chi connectivity index (χ2v) is 5.32. The number of thioether (sulfide) groups is 1. The number of anilines is 2. The van der Waals surface area contributed by atoms with Crippen LogP contribution in [0.1, 0.15) is 13.3 Å². The summed E-state index contributed by atoms with van der Waals surface area (Å²) in [6.07, 6.45) is 8.61. The minimum Gasteiger partial charge on any atom is -0.367 e. The number of rotatable bonds is 6. The van der Waals surface area contributed by atoms with Crippen LogP contribution in [0, 0.1) is 0 Å². The van der Waals surface area contributed by atoms with Gasteiger partial charge in [-0.25, -0.2) is 15.8 Å². The molecule has 0 aliphatic heterocycles. The molecule has 0 radical (unpaired) electrons. The molecule has 0 fully saturated rings. The Kier molecular flexibility index (Phi) is 4.27. The lowest BCUT2D eigenvalue weighted by Gasteiger charge is -2.11. The van der Waals surface area contributed by atoms with Gasteiger partial charge in [-0.1, -0.05) is 6.92 Å². The molecule has 1 atom stereocenters. The van der Waals surface area contributed by atoms with E-state index in [1.165, 1.54) is 0 Å². The second-order valence-electron chi connectivity index (χ2n) is 4.04. The number of nitrogens with zero attached hydrogens (tertiary/aromatic N) is 3. The molecule has 0 bridgehead atoms. The van der Waals surface area contributed by atoms with Crippen LogP contribution >= 0.6 is 11.8 Å². The van der Waals surface area contributed by atoms with E-state index in [1.54, 1.807) is 12.4 Å². The molecule has 98 valence electrons. The first-order valence-corrected chi connectivity index (χ1v) is 7.10. The third kappa shape index (κ3) is 2.85. The summed E-state index contributed by atoms with van der Waals surface area (Å²) in [5.41, 5.74) is 3.37. The number of nitrogens with one attached hydrogen (secondary N) is 2. The van der Waals surface area contributed by atoms with Gasteiger partial charge < -0.3 is 15.1 Å². The number of hydrazine groups is 1. The van der Waals surface area contributed by atoms with Crippen molar-refractivity contribution in [1.29, 1.82) is 0 Å². The summed E-state index contributed by atoms with van der Waals surface area (Å²) in [6.45, 7) is 3.08. The van der Waals surface area contributed by atoms with Crippen LogP contribution in [0.3, 0.4) is 0 Å². The first-order chi connectivity index (χ1) is 8.74. The maximum Gasteiger partial charge on any atom is 0.180 e. The molecule has 0 aliphatic carbocycles. The monoisotopic (exact) mass is 266 g/mol. The number of aromatic nitrogens is 3. The summed E-state index contributed by atoms with van der Waals surface area (Å²) in [7, 11) is 0. The molecule has 2 rings (SSSR count). The van der Waals surface area contributed by atoms with Crippen molar-refractivity contribution in [2.75, 3.05) is 23.5 Å². The van der Waals surface area contributed by atoms with E-state index in [4.69, 9.17) is 5.84 Å². The maximum atomic E-state index is 5.40. The average Bonchev–Trinajstić information content (AvgIpc) is 2.86. The van der Waals surface area contributed by atoms with Crippen LogP contribution in [0.4, 0.5) is 11.6 Å². The lowest BCUT2D eigenvalue weighted by Crippen LogP contribution is -2.13. The number of imidazole rings is 1. The molecule has 1 unspecified atom stereocenters. The summed E-state index contributed by atoms with van der Waals surface area (Å²) in [6, 6.07) is 0. The Morgan fingerprint density at radius 2 is 2.39 bits per heavy atom. The number of hydrogen-bond acceptors (Lipinski definition) is 6. The minimum atomic E-state index is 0.612. The van der Waals surface area contributed by atoms with E-state index in [0.717, 1.165) is 24.4 Å². The Hall–Kier alpha value is -1.47. The Bertz CT molecular complexity index is 511. The second kappa shape index (κ2) is 5.92. The Morgan fingerprint density at radius 1 is 1.56 bits per heavy atom. The third-order valence-corrected chi connectivity index (χ3v) is 3.81. The molecule has 18 heavy (non-hydrogen) atoms. The fourth-order valence-electron chi connectivity index (χ4n) is 1.63. The first-order valence-electron chi connectivity index (χ1n) is 5.81. The minimum absolute atomic E-state index is 0.612. The van der Waals surface area contributed by atoms with Gasteiger partial charge in [-0.2, -0.15) is 11.8 Å². The van der Waals surface area contributed by atoms with E-state index in [1.807, 2.05) is 22.4 Å². The van der Waals surface area contributed by atoms with Gasteiger partial charge in [0.1, 0.15) is 0 Å². The van der Waals surface area contributed by atoms with Crippen LogP contribution in [-0.4, -0.2) is 32.4 Å². The van der Waals surface area contributed by atoms with Crippen molar-refractivity contribution in [2.45, 2.75) is 18.6 Å². The third-order valence-electron chi connectivity index (χ3n) is 2.77. The zero-order chi connectivity index (χ0) is 13.0. The molecule has 2 heterocycles. The summed E-state index contributed by atoms with van der Waals surface area (Å²) in [5.74, 6) is 6.76. The fourth-order valence-corrected chi connectivity index (χ4v) is 1.99. The van der Waals surface area contributed by atoms with Crippen LogP contribution in [0.5, 0.6) is 0 Å². The smallest absolute Gasteiger partial charge is 0.180 e. The van der Waals surface area contributed by atoms with Crippen molar-refractivity contribution >= 4 is 29.0 Å². The standard InChI is InChI=1S/C11H18N6S/c1-8(18-2)3-4-13-10-11-14-5-6-17(11)7-9(15-10)16-12/h5-8,16H,3-4,12H2,1-2H3,(H,13,15). The lowest BCUT2D eigenvalue weighted by molar-refractivity contribution is 0.849. The molecule has 2 aromatic heterocycles. The number of nitrogens with two attached hydrogens (primary N) is 1. The largest absolute Gasteiger partial charge is 0.367 e. The van der Waals surface area contributed by atoms with Gasteiger partial charge in [-0.3, -0.25) is 0 Å². The van der Waals surface area contributed by atoms with Crippen molar-refractivity contribution in [2.24, 2.45) is 5.84 Å². The average molecular weight is 266 g/mol. The predicted molar refractivity (Wildman–Crippen MR) is 76.9 cm³/mol. The zero-order valence-electron chi connectivity index (χ0n) is 10.6. The molecule has 0 amide bonds. The highest BCUT2D eigenvalue weighted by molar-refractivity contribution is 7.99. The van der Waals surface area contributed by atoms with Gasteiger partial charge in [-0.05, 0) is 12.7 Å². The SMILES string of the molecule is CSC(C)CCNc1nc(NN)cn2ccnc12. The highest BCUT2D eigenvalue weighted by Gasteiger charge is 2.07. The highest BCUT2D eigenvalue weighted by atomic mass is 32.2. The highest BCUT2D eigenvalue weighted by Crippen LogP contribution is 2.16. The molecule has 0 aliphatic rings. The molecule has 6 nitrogen and oxygen atoms in total. The van der Waals surface area contributed by atoms with Crippen LogP contribution in [0.25, 0.3) is 5.65 Å². The topological polar surface area (TPSA) is 80.3 Å². The van der Waals surface area contributed by atoms with E-state index in [0.29, 0.717) is 11.1 Å². The van der Waals surface area contributed by atoms with E-state index in [-0.39, 0.29) is 0 Å². The summed E-state index contributed by atoms with van der Waals surface area (Å²) in [5, 5.41) is 3.94. The van der Waals surface area contributed by atoms with Crippen LogP contribution in [0.2, 0.25) is 0 Å². The normalized spacial score (nSPS) is 12.6. The van der Waals surface area contributed by atoms with E-state index >= 15 is 0 Å². The van der Waals surface area contributed by atoms with Crippen molar-refractivity contribution in [3.63, 3.8) is 0 Å². The van der Waals surface area contributed by atoms with Crippen molar-refractivity contribution in [1.82, 2.24) is 14.4 Å². The number of hydrogen-bond donors (Lipinski definition) is 3. The molecule has 2 aromatic rings. The fraction of sp³-hybridized carbons (Fsp3) is 0.455. The maximum absolute atomic E-state index is 5.40. The molecule has 7 heteroatoms. The summed E-state index contributed by atoms with van der Waals surface area (Å²) < 4.78 is 1.89. The van der Waals surface area contributed by atoms with Crippen LogP contribution in [0.15, 0.2) is 18.6 Å². The number of nitrogen functional groups attached to an aromatic ring is 1. The summed E-state index contributed by atoms with van der Waals surface area (Å²) in [4.78, 5) is 8.65. The van der Waals surface area contributed by atoms with Gasteiger partial charge in [0.05, 0.1) is 6.20 Å². The van der Waals surface area contributed by atoms with Gasteiger partial charge in [0, 0.05) is 24.2 Å². The van der Waals surface area contributed by atoms with Gasteiger partial charge in [0.2, 0.25) is 0 Å². The first kappa shape index (κ1) is 13.0. The van der Waals surface area contributed by atoms with Crippen molar-refractivity contribution < 1.29 is 0 Å². The van der Waals surface area contributed by atoms with E-state index in [9.17, 15) is 0 Å². The predicted octanol–water partition coefficient (Wildman–Crippen LogP) is 1.57.